The summed E-state index contributed by atoms with van der Waals surface area (Å²) in [6, 6.07) is 15.1. The number of para-hydroxylation sites is 2. The van der Waals surface area contributed by atoms with Crippen molar-refractivity contribution in [3.05, 3.63) is 59.7 Å². The monoisotopic (exact) mass is 284 g/mol. The molecule has 4 heteroatoms. The molecule has 2 aromatic rings. The Morgan fingerprint density at radius 1 is 1.10 bits per heavy atom. The molecule has 0 aliphatic rings. The van der Waals surface area contributed by atoms with Gasteiger partial charge >= 0.3 is 0 Å². The van der Waals surface area contributed by atoms with Crippen molar-refractivity contribution >= 4 is 5.91 Å². The maximum Gasteiger partial charge on any atom is 0.252 e. The average Bonchev–Trinajstić information content (AvgIpc) is 2.46. The molecule has 0 aliphatic carbocycles. The van der Waals surface area contributed by atoms with Gasteiger partial charge in [0.25, 0.3) is 5.91 Å². The number of hydrogen-bond acceptors (Lipinski definition) is 3. The predicted octanol–water partition coefficient (Wildman–Crippen LogP) is 3.08. The lowest BCUT2D eigenvalue weighted by Gasteiger charge is -2.14. The Balaban J connectivity index is 2.26. The number of amides is 1. The number of carbonyl (C=O) groups excluding carboxylic acids is 1. The Bertz CT molecular complexity index is 624. The van der Waals surface area contributed by atoms with Gasteiger partial charge in [-0.1, -0.05) is 44.2 Å². The number of nitrogens with one attached hydrogen (secondary N) is 1. The first-order chi connectivity index (χ1) is 10.1. The van der Waals surface area contributed by atoms with Crippen LogP contribution < -0.4 is 15.8 Å². The van der Waals surface area contributed by atoms with E-state index >= 15 is 0 Å². The van der Waals surface area contributed by atoms with Crippen LogP contribution in [0.4, 0.5) is 0 Å². The Kier molecular flexibility index (Phi) is 4.95. The lowest BCUT2D eigenvalue weighted by atomic mass is 10.1. The minimum absolute atomic E-state index is 0.379. The molecule has 0 atom stereocenters. The van der Waals surface area contributed by atoms with E-state index in [1.165, 1.54) is 0 Å². The van der Waals surface area contributed by atoms with Gasteiger partial charge in [0.2, 0.25) is 0 Å². The lowest BCUT2D eigenvalue weighted by molar-refractivity contribution is 0.0998. The van der Waals surface area contributed by atoms with Crippen LogP contribution in [0.3, 0.4) is 0 Å². The van der Waals surface area contributed by atoms with E-state index in [9.17, 15) is 4.79 Å². The molecule has 0 heterocycles. The lowest BCUT2D eigenvalue weighted by Crippen LogP contribution is -2.22. The summed E-state index contributed by atoms with van der Waals surface area (Å²) in [6.45, 7) is 4.88. The smallest absolute Gasteiger partial charge is 0.252 e. The molecular formula is C17H20N2O2. The van der Waals surface area contributed by atoms with E-state index in [0.29, 0.717) is 23.9 Å². The number of ether oxygens (including phenoxy) is 1. The quantitative estimate of drug-likeness (QED) is 0.856. The van der Waals surface area contributed by atoms with Gasteiger partial charge in [0, 0.05) is 18.2 Å². The summed E-state index contributed by atoms with van der Waals surface area (Å²) in [6.07, 6.45) is 0. The van der Waals surface area contributed by atoms with Crippen molar-refractivity contribution in [1.82, 2.24) is 5.32 Å². The molecule has 110 valence electrons. The van der Waals surface area contributed by atoms with Crippen LogP contribution in [0.25, 0.3) is 0 Å². The third kappa shape index (κ3) is 4.07. The van der Waals surface area contributed by atoms with Crippen LogP contribution in [0.15, 0.2) is 48.5 Å². The fraction of sp³-hybridized carbons (Fsp3) is 0.235. The minimum Gasteiger partial charge on any atom is -0.456 e. The Hall–Kier alpha value is -2.33. The molecule has 1 amide bonds. The van der Waals surface area contributed by atoms with Gasteiger partial charge < -0.3 is 15.8 Å². The van der Waals surface area contributed by atoms with Crippen molar-refractivity contribution in [2.45, 2.75) is 26.4 Å². The second kappa shape index (κ2) is 6.90. The second-order valence-corrected chi connectivity index (χ2v) is 5.11. The number of carbonyl (C=O) groups is 1. The largest absolute Gasteiger partial charge is 0.456 e. The average molecular weight is 284 g/mol. The van der Waals surface area contributed by atoms with Gasteiger partial charge in [-0.2, -0.15) is 0 Å². The van der Waals surface area contributed by atoms with Gasteiger partial charge in [0.05, 0.1) is 5.56 Å². The second-order valence-electron chi connectivity index (χ2n) is 5.11. The summed E-state index contributed by atoms with van der Waals surface area (Å²) >= 11 is 0. The molecule has 0 aromatic heterocycles. The minimum atomic E-state index is -0.497. The van der Waals surface area contributed by atoms with Gasteiger partial charge in [0.1, 0.15) is 11.5 Å². The topological polar surface area (TPSA) is 64.3 Å². The van der Waals surface area contributed by atoms with Crippen LogP contribution in [0.1, 0.15) is 29.8 Å². The molecule has 0 saturated heterocycles. The number of nitrogens with two attached hydrogens (primary N) is 1. The zero-order valence-electron chi connectivity index (χ0n) is 12.3. The van der Waals surface area contributed by atoms with Crippen LogP contribution in [0.2, 0.25) is 0 Å². The maximum absolute atomic E-state index is 11.4. The van der Waals surface area contributed by atoms with E-state index in [1.807, 2.05) is 30.3 Å². The number of primary amides is 1. The standard InChI is InChI=1S/C17H20N2O2/c1-12(2)19-11-13-7-3-5-9-15(13)21-16-10-6-4-8-14(16)17(18)20/h3-10,12,19H,11H2,1-2H3,(H2,18,20). The van der Waals surface area contributed by atoms with Crippen molar-refractivity contribution < 1.29 is 9.53 Å². The van der Waals surface area contributed by atoms with Gasteiger partial charge in [-0.3, -0.25) is 4.79 Å². The Morgan fingerprint density at radius 2 is 1.71 bits per heavy atom. The molecule has 2 aromatic carbocycles. The van der Waals surface area contributed by atoms with Crippen molar-refractivity contribution in [3.63, 3.8) is 0 Å². The van der Waals surface area contributed by atoms with Crippen LogP contribution in [0, 0.1) is 0 Å². The van der Waals surface area contributed by atoms with E-state index in [4.69, 9.17) is 10.5 Å². The molecule has 0 unspecified atom stereocenters. The number of benzene rings is 2. The van der Waals surface area contributed by atoms with E-state index in [1.54, 1.807) is 18.2 Å². The SMILES string of the molecule is CC(C)NCc1ccccc1Oc1ccccc1C(N)=O. The summed E-state index contributed by atoms with van der Waals surface area (Å²) in [5, 5.41) is 3.35. The highest BCUT2D eigenvalue weighted by Crippen LogP contribution is 2.27. The first-order valence-electron chi connectivity index (χ1n) is 6.96. The van der Waals surface area contributed by atoms with E-state index < -0.39 is 5.91 Å². The van der Waals surface area contributed by atoms with E-state index in [2.05, 4.69) is 19.2 Å². The highest BCUT2D eigenvalue weighted by Gasteiger charge is 2.11. The van der Waals surface area contributed by atoms with Crippen molar-refractivity contribution in [2.75, 3.05) is 0 Å². The first-order valence-corrected chi connectivity index (χ1v) is 6.96. The van der Waals surface area contributed by atoms with Crippen molar-refractivity contribution in [1.29, 1.82) is 0 Å². The number of hydrogen-bond donors (Lipinski definition) is 2. The molecule has 21 heavy (non-hydrogen) atoms. The summed E-state index contributed by atoms with van der Waals surface area (Å²) < 4.78 is 5.89. The molecule has 4 nitrogen and oxygen atoms in total. The zero-order valence-corrected chi connectivity index (χ0v) is 12.3. The molecule has 2 rings (SSSR count). The number of rotatable bonds is 6. The van der Waals surface area contributed by atoms with Crippen LogP contribution >= 0.6 is 0 Å². The fourth-order valence-corrected chi connectivity index (χ4v) is 1.94. The third-order valence-electron chi connectivity index (χ3n) is 3.05. The Labute approximate surface area is 124 Å². The van der Waals surface area contributed by atoms with Gasteiger partial charge in [-0.05, 0) is 18.2 Å². The predicted molar refractivity (Wildman–Crippen MR) is 83.5 cm³/mol. The zero-order chi connectivity index (χ0) is 15.2. The molecule has 0 spiro atoms. The molecule has 0 bridgehead atoms. The highest BCUT2D eigenvalue weighted by atomic mass is 16.5. The van der Waals surface area contributed by atoms with Gasteiger partial charge in [-0.25, -0.2) is 0 Å². The van der Waals surface area contributed by atoms with Crippen molar-refractivity contribution in [3.8, 4) is 11.5 Å². The van der Waals surface area contributed by atoms with Crippen LogP contribution in [-0.2, 0) is 6.54 Å². The molecule has 0 saturated carbocycles. The normalized spacial score (nSPS) is 10.6. The molecular weight excluding hydrogens is 264 g/mol. The van der Waals surface area contributed by atoms with E-state index in [0.717, 1.165) is 11.3 Å². The van der Waals surface area contributed by atoms with Crippen molar-refractivity contribution in [2.24, 2.45) is 5.73 Å². The molecule has 3 N–H and O–H groups in total. The molecule has 0 aliphatic heterocycles. The summed E-state index contributed by atoms with van der Waals surface area (Å²) in [5.41, 5.74) is 6.79. The summed E-state index contributed by atoms with van der Waals surface area (Å²) in [4.78, 5) is 11.4. The first kappa shape index (κ1) is 15.1. The van der Waals surface area contributed by atoms with Crippen LogP contribution in [0.5, 0.6) is 11.5 Å². The summed E-state index contributed by atoms with van der Waals surface area (Å²) in [7, 11) is 0. The summed E-state index contributed by atoms with van der Waals surface area (Å²) in [5.74, 6) is 0.699. The van der Waals surface area contributed by atoms with Gasteiger partial charge in [0.15, 0.2) is 0 Å². The van der Waals surface area contributed by atoms with Crippen LogP contribution in [-0.4, -0.2) is 11.9 Å². The highest BCUT2D eigenvalue weighted by molar-refractivity contribution is 5.95. The fourth-order valence-electron chi connectivity index (χ4n) is 1.94. The van der Waals surface area contributed by atoms with Gasteiger partial charge in [-0.15, -0.1) is 0 Å². The maximum atomic E-state index is 11.4. The van der Waals surface area contributed by atoms with E-state index in [-0.39, 0.29) is 0 Å². The Morgan fingerprint density at radius 3 is 2.38 bits per heavy atom. The molecule has 0 radical (unpaired) electrons. The molecule has 0 fully saturated rings. The third-order valence-corrected chi connectivity index (χ3v) is 3.05.